The molecule has 2 amide bonds. The molecule has 10 heteroatoms. The normalized spacial score (nSPS) is 18.5. The first-order chi connectivity index (χ1) is 16.9. The molecule has 4 rings (SSSR count). The summed E-state index contributed by atoms with van der Waals surface area (Å²) in [4.78, 5) is 34.3. The van der Waals surface area contributed by atoms with Crippen LogP contribution in [0.1, 0.15) is 22.8 Å². The van der Waals surface area contributed by atoms with Gasteiger partial charge in [-0.25, -0.2) is 4.99 Å². The third-order valence-electron chi connectivity index (χ3n) is 5.45. The summed E-state index contributed by atoms with van der Waals surface area (Å²) in [5, 5.41) is 0.547. The molecule has 2 aliphatic rings. The highest BCUT2D eigenvalue weighted by molar-refractivity contribution is 14.1. The van der Waals surface area contributed by atoms with E-state index in [2.05, 4.69) is 27.6 Å². The maximum absolute atomic E-state index is 12.9. The monoisotopic (exact) mass is 607 g/mol. The Labute approximate surface area is 222 Å². The van der Waals surface area contributed by atoms with E-state index in [1.165, 1.54) is 16.7 Å². The first-order valence-corrected chi connectivity index (χ1v) is 13.0. The quantitative estimate of drug-likeness (QED) is 0.358. The van der Waals surface area contributed by atoms with E-state index in [-0.39, 0.29) is 11.8 Å². The predicted molar refractivity (Wildman–Crippen MR) is 145 cm³/mol. The van der Waals surface area contributed by atoms with Crippen molar-refractivity contribution in [2.75, 3.05) is 47.1 Å². The molecule has 0 atom stereocenters. The van der Waals surface area contributed by atoms with E-state index in [4.69, 9.17) is 14.2 Å². The third-order valence-corrected chi connectivity index (χ3v) is 7.31. The fourth-order valence-electron chi connectivity index (χ4n) is 3.70. The fourth-order valence-corrected chi connectivity index (χ4v) is 5.54. The van der Waals surface area contributed by atoms with Crippen molar-refractivity contribution in [1.82, 2.24) is 9.80 Å². The van der Waals surface area contributed by atoms with Crippen LogP contribution < -0.4 is 9.47 Å². The molecule has 2 aromatic carbocycles. The minimum absolute atomic E-state index is 0.0429. The molecule has 2 fully saturated rings. The first kappa shape index (κ1) is 25.5. The summed E-state index contributed by atoms with van der Waals surface area (Å²) in [6.45, 7) is 4.67. The molecule has 0 saturated carbocycles. The van der Waals surface area contributed by atoms with E-state index in [1.807, 2.05) is 31.2 Å². The van der Waals surface area contributed by atoms with E-state index >= 15 is 0 Å². The summed E-state index contributed by atoms with van der Waals surface area (Å²) in [5.41, 5.74) is 2.02. The summed E-state index contributed by atoms with van der Waals surface area (Å²) in [6, 6.07) is 11.0. The molecule has 8 nitrogen and oxygen atoms in total. The van der Waals surface area contributed by atoms with Gasteiger partial charge in [0.1, 0.15) is 0 Å². The first-order valence-electron chi connectivity index (χ1n) is 11.1. The number of amides is 2. The van der Waals surface area contributed by atoms with Crippen molar-refractivity contribution in [1.29, 1.82) is 0 Å². The Bertz CT molecular complexity index is 1190. The van der Waals surface area contributed by atoms with Gasteiger partial charge in [-0.3, -0.25) is 14.5 Å². The van der Waals surface area contributed by atoms with Gasteiger partial charge in [-0.2, -0.15) is 0 Å². The smallest absolute Gasteiger partial charge is 0.266 e. The van der Waals surface area contributed by atoms with Gasteiger partial charge in [-0.1, -0.05) is 6.07 Å². The molecule has 2 aliphatic heterocycles. The van der Waals surface area contributed by atoms with Crippen LogP contribution in [0.25, 0.3) is 6.08 Å². The summed E-state index contributed by atoms with van der Waals surface area (Å²) in [6.07, 6.45) is 1.83. The highest BCUT2D eigenvalue weighted by Gasteiger charge is 2.30. The van der Waals surface area contributed by atoms with Gasteiger partial charge < -0.3 is 19.1 Å². The lowest BCUT2D eigenvalue weighted by Gasteiger charge is -2.26. The average molecular weight is 607 g/mol. The zero-order valence-corrected chi connectivity index (χ0v) is 22.7. The number of morpholine rings is 1. The Morgan fingerprint density at radius 1 is 1.26 bits per heavy atom. The molecule has 0 aliphatic carbocycles. The number of aliphatic imine (C=N–C) groups is 1. The van der Waals surface area contributed by atoms with Crippen LogP contribution in [0.2, 0.25) is 0 Å². The SMILES string of the molecule is CCOc1cc(/C=C2/SC(=Nc3cccc(C(=O)N4CCOCC4)c3)N(C)C2=O)cc(I)c1OC. The van der Waals surface area contributed by atoms with Gasteiger partial charge >= 0.3 is 0 Å². The molecule has 0 unspecified atom stereocenters. The molecular weight excluding hydrogens is 581 g/mol. The van der Waals surface area contributed by atoms with E-state index in [9.17, 15) is 9.59 Å². The number of halogens is 1. The van der Waals surface area contributed by atoms with Crippen LogP contribution in [-0.4, -0.2) is 73.8 Å². The number of amidine groups is 1. The summed E-state index contributed by atoms with van der Waals surface area (Å²) >= 11 is 3.49. The number of nitrogens with zero attached hydrogens (tertiary/aromatic N) is 3. The molecule has 2 aromatic rings. The summed E-state index contributed by atoms with van der Waals surface area (Å²) in [5.74, 6) is 1.12. The van der Waals surface area contributed by atoms with Crippen molar-refractivity contribution in [2.24, 2.45) is 4.99 Å². The number of carbonyl (C=O) groups excluding carboxylic acids is 2. The number of ether oxygens (including phenoxy) is 3. The average Bonchev–Trinajstić information content (AvgIpc) is 3.12. The maximum atomic E-state index is 12.9. The largest absolute Gasteiger partial charge is 0.492 e. The van der Waals surface area contributed by atoms with E-state index in [1.54, 1.807) is 37.3 Å². The molecule has 0 bridgehead atoms. The fraction of sp³-hybridized carbons (Fsp3) is 0.320. The highest BCUT2D eigenvalue weighted by atomic mass is 127. The van der Waals surface area contributed by atoms with Crippen LogP contribution in [0.5, 0.6) is 11.5 Å². The van der Waals surface area contributed by atoms with Gasteiger partial charge in [0.2, 0.25) is 0 Å². The standard InChI is InChI=1S/C25H26IN3O5S/c1-4-34-20-13-16(12-19(26)22(20)32-3)14-21-24(31)28(2)25(35-21)27-18-7-5-6-17(15-18)23(30)29-8-10-33-11-9-29/h5-7,12-15H,4,8-11H2,1-3H3/b21-14+,27-25?. The van der Waals surface area contributed by atoms with Crippen LogP contribution in [-0.2, 0) is 9.53 Å². The number of benzene rings is 2. The Hall–Kier alpha value is -2.57. The third kappa shape index (κ3) is 5.81. The molecule has 0 N–H and O–H groups in total. The van der Waals surface area contributed by atoms with Crippen molar-refractivity contribution in [2.45, 2.75) is 6.92 Å². The van der Waals surface area contributed by atoms with Crippen LogP contribution in [0.15, 0.2) is 46.3 Å². The molecule has 2 heterocycles. The number of carbonyl (C=O) groups is 2. The molecule has 184 valence electrons. The number of likely N-dealkylation sites (N-methyl/N-ethyl adjacent to an activating group) is 1. The minimum Gasteiger partial charge on any atom is -0.492 e. The predicted octanol–water partition coefficient (Wildman–Crippen LogP) is 4.40. The lowest BCUT2D eigenvalue weighted by atomic mass is 10.1. The Morgan fingerprint density at radius 2 is 2.03 bits per heavy atom. The number of methoxy groups -OCH3 is 1. The summed E-state index contributed by atoms with van der Waals surface area (Å²) < 4.78 is 17.4. The van der Waals surface area contributed by atoms with Crippen molar-refractivity contribution < 1.29 is 23.8 Å². The Morgan fingerprint density at radius 3 is 2.74 bits per heavy atom. The van der Waals surface area contributed by atoms with Gasteiger partial charge in [0, 0.05) is 25.7 Å². The van der Waals surface area contributed by atoms with Crippen LogP contribution in [0.3, 0.4) is 0 Å². The maximum Gasteiger partial charge on any atom is 0.266 e. The Balaban J connectivity index is 1.58. The van der Waals surface area contributed by atoms with Gasteiger partial charge in [-0.15, -0.1) is 0 Å². The van der Waals surface area contributed by atoms with E-state index in [0.29, 0.717) is 65.7 Å². The van der Waals surface area contributed by atoms with E-state index in [0.717, 1.165) is 9.13 Å². The van der Waals surface area contributed by atoms with Crippen LogP contribution in [0, 0.1) is 3.57 Å². The number of hydrogen-bond donors (Lipinski definition) is 0. The summed E-state index contributed by atoms with van der Waals surface area (Å²) in [7, 11) is 3.30. The van der Waals surface area contributed by atoms with Crippen LogP contribution in [0.4, 0.5) is 5.69 Å². The molecular formula is C25H26IN3O5S. The topological polar surface area (TPSA) is 80.7 Å². The Kier molecular flexibility index (Phi) is 8.34. The van der Waals surface area contributed by atoms with Crippen molar-refractivity contribution in [3.8, 4) is 11.5 Å². The number of rotatable bonds is 6. The van der Waals surface area contributed by atoms with E-state index < -0.39 is 0 Å². The lowest BCUT2D eigenvalue weighted by Crippen LogP contribution is -2.40. The van der Waals surface area contributed by atoms with Crippen molar-refractivity contribution in [3.63, 3.8) is 0 Å². The second-order valence-corrected chi connectivity index (χ2v) is 9.96. The van der Waals surface area contributed by atoms with Gasteiger partial charge in [0.25, 0.3) is 11.8 Å². The lowest BCUT2D eigenvalue weighted by molar-refractivity contribution is -0.121. The van der Waals surface area contributed by atoms with Crippen molar-refractivity contribution in [3.05, 3.63) is 56.0 Å². The molecule has 0 spiro atoms. The minimum atomic E-state index is -0.141. The van der Waals surface area contributed by atoms with Gasteiger partial charge in [0.05, 0.1) is 41.1 Å². The zero-order valence-electron chi connectivity index (χ0n) is 19.7. The number of hydrogen-bond acceptors (Lipinski definition) is 7. The molecule has 0 radical (unpaired) electrons. The number of thioether (sulfide) groups is 1. The van der Waals surface area contributed by atoms with Gasteiger partial charge in [0.15, 0.2) is 16.7 Å². The molecule has 0 aromatic heterocycles. The zero-order chi connectivity index (χ0) is 24.9. The van der Waals surface area contributed by atoms with Crippen LogP contribution >= 0.6 is 34.4 Å². The van der Waals surface area contributed by atoms with Gasteiger partial charge in [-0.05, 0) is 83.2 Å². The highest BCUT2D eigenvalue weighted by Crippen LogP contribution is 2.37. The molecule has 2 saturated heterocycles. The van der Waals surface area contributed by atoms with Crippen molar-refractivity contribution >= 4 is 63.1 Å². The second kappa shape index (κ2) is 11.4. The second-order valence-electron chi connectivity index (χ2n) is 7.79. The molecule has 35 heavy (non-hydrogen) atoms.